The summed E-state index contributed by atoms with van der Waals surface area (Å²) in [5.41, 5.74) is 8.33. The topological polar surface area (TPSA) is 148 Å². The fraction of sp³-hybridized carbons (Fsp3) is 0.370. The molecule has 1 aliphatic heterocycles. The van der Waals surface area contributed by atoms with Crippen LogP contribution in [0, 0.1) is 5.82 Å². The molecule has 2 fully saturated rings. The van der Waals surface area contributed by atoms with Gasteiger partial charge in [-0.25, -0.2) is 18.9 Å². The number of imidazole rings is 1. The maximum Gasteiger partial charge on any atom is 0.276 e. The summed E-state index contributed by atoms with van der Waals surface area (Å²) in [4.78, 5) is 28.2. The van der Waals surface area contributed by atoms with Crippen molar-refractivity contribution >= 4 is 40.3 Å². The van der Waals surface area contributed by atoms with Crippen LogP contribution in [0.3, 0.4) is 0 Å². The molecule has 4 aromatic rings. The molecule has 5 heterocycles. The number of hydrogen-bond acceptors (Lipinski definition) is 10. The molecule has 0 spiro atoms. The summed E-state index contributed by atoms with van der Waals surface area (Å²) in [6.45, 7) is 3.04. The molecule has 0 atom stereocenters. The number of carbonyl (C=O) groups is 1. The highest BCUT2D eigenvalue weighted by molar-refractivity contribution is 6.03. The van der Waals surface area contributed by atoms with Gasteiger partial charge in [-0.05, 0) is 43.9 Å². The number of rotatable bonds is 7. The average Bonchev–Trinajstić information content (AvgIpc) is 3.41. The van der Waals surface area contributed by atoms with Gasteiger partial charge >= 0.3 is 0 Å². The third kappa shape index (κ3) is 5.65. The zero-order valence-electron chi connectivity index (χ0n) is 21.9. The van der Waals surface area contributed by atoms with E-state index in [0.29, 0.717) is 36.2 Å². The molecular weight excluding hydrogens is 515 g/mol. The van der Waals surface area contributed by atoms with E-state index < -0.39 is 11.7 Å². The first kappa shape index (κ1) is 25.9. The van der Waals surface area contributed by atoms with Crippen molar-refractivity contribution in [1.29, 1.82) is 0 Å². The summed E-state index contributed by atoms with van der Waals surface area (Å²) in [7, 11) is 0. The molecule has 12 nitrogen and oxygen atoms in total. The first-order valence-electron chi connectivity index (χ1n) is 13.4. The Morgan fingerprint density at radius 2 is 1.82 bits per heavy atom. The highest BCUT2D eigenvalue weighted by Crippen LogP contribution is 2.27. The van der Waals surface area contributed by atoms with Gasteiger partial charge in [-0.2, -0.15) is 0 Å². The molecule has 208 valence electrons. The third-order valence-electron chi connectivity index (χ3n) is 7.23. The minimum atomic E-state index is -0.635. The van der Waals surface area contributed by atoms with E-state index in [0.717, 1.165) is 50.7 Å². The normalized spacial score (nSPS) is 19.4. The van der Waals surface area contributed by atoms with E-state index >= 15 is 0 Å². The Morgan fingerprint density at radius 3 is 2.58 bits per heavy atom. The van der Waals surface area contributed by atoms with Gasteiger partial charge < -0.3 is 31.3 Å². The van der Waals surface area contributed by atoms with Crippen molar-refractivity contribution in [3.8, 4) is 0 Å². The molecule has 1 amide bonds. The van der Waals surface area contributed by atoms with Crippen LogP contribution >= 0.6 is 0 Å². The number of nitrogens with two attached hydrogens (primary N) is 1. The lowest BCUT2D eigenvalue weighted by molar-refractivity contribution is 0.102. The van der Waals surface area contributed by atoms with Crippen molar-refractivity contribution in [1.82, 2.24) is 24.6 Å². The van der Waals surface area contributed by atoms with E-state index in [9.17, 15) is 9.18 Å². The van der Waals surface area contributed by atoms with Gasteiger partial charge in [-0.15, -0.1) is 5.10 Å². The van der Waals surface area contributed by atoms with Gasteiger partial charge in [0.1, 0.15) is 11.6 Å². The molecule has 5 N–H and O–H groups in total. The summed E-state index contributed by atoms with van der Waals surface area (Å²) in [6.07, 6.45) is 9.40. The van der Waals surface area contributed by atoms with Crippen LogP contribution in [0.5, 0.6) is 0 Å². The number of nitrogens with one attached hydrogen (secondary N) is 3. The van der Waals surface area contributed by atoms with Gasteiger partial charge in [-0.3, -0.25) is 9.78 Å². The van der Waals surface area contributed by atoms with Crippen molar-refractivity contribution in [2.75, 3.05) is 47.2 Å². The Kier molecular flexibility index (Phi) is 7.38. The van der Waals surface area contributed by atoms with Gasteiger partial charge in [-0.1, -0.05) is 0 Å². The Balaban J connectivity index is 1.30. The van der Waals surface area contributed by atoms with Crippen LogP contribution in [-0.4, -0.2) is 68.9 Å². The molecule has 2 aliphatic rings. The summed E-state index contributed by atoms with van der Waals surface area (Å²) in [5.74, 6) is 0.00406. The lowest BCUT2D eigenvalue weighted by Gasteiger charge is -2.28. The standard InChI is InChI=1S/C27H31FN10O2/c28-20-15-30-8-7-21(20)35-27(39)23-16-32-26-22(13-25(36-38(23)26)33-18-3-1-17(29)2-4-18)34-24-6-5-19(14-31-24)37-9-11-40-12-10-37/h5-8,13-18H,1-4,9-12,29H2,(H,31,34)(H,33,36)(H,30,35,39)/t17-,18-. The van der Waals surface area contributed by atoms with Crippen molar-refractivity contribution < 1.29 is 13.9 Å². The van der Waals surface area contributed by atoms with Crippen LogP contribution in [0.4, 0.5) is 33.1 Å². The van der Waals surface area contributed by atoms with Gasteiger partial charge in [0.2, 0.25) is 0 Å². The second-order valence-electron chi connectivity index (χ2n) is 10.0. The number of aromatic nitrogens is 5. The largest absolute Gasteiger partial charge is 0.378 e. The molecule has 1 saturated carbocycles. The molecule has 4 aromatic heterocycles. The number of fused-ring (bicyclic) bond motifs is 1. The number of morpholine rings is 1. The first-order chi connectivity index (χ1) is 19.5. The first-order valence-corrected chi connectivity index (χ1v) is 13.4. The third-order valence-corrected chi connectivity index (χ3v) is 7.23. The number of halogens is 1. The monoisotopic (exact) mass is 546 g/mol. The fourth-order valence-corrected chi connectivity index (χ4v) is 5.03. The Morgan fingerprint density at radius 1 is 1.00 bits per heavy atom. The summed E-state index contributed by atoms with van der Waals surface area (Å²) >= 11 is 0. The number of pyridine rings is 2. The minimum absolute atomic E-state index is 0.0191. The zero-order chi connectivity index (χ0) is 27.5. The quantitative estimate of drug-likeness (QED) is 0.272. The molecular formula is C27H31FN10O2. The summed E-state index contributed by atoms with van der Waals surface area (Å²) < 4.78 is 21.0. The fourth-order valence-electron chi connectivity index (χ4n) is 5.03. The number of nitrogens with zero attached hydrogens (tertiary/aromatic N) is 6. The predicted molar refractivity (Wildman–Crippen MR) is 150 cm³/mol. The van der Waals surface area contributed by atoms with Crippen LogP contribution in [0.2, 0.25) is 0 Å². The van der Waals surface area contributed by atoms with Crippen molar-refractivity contribution in [3.05, 3.63) is 60.6 Å². The van der Waals surface area contributed by atoms with E-state index in [4.69, 9.17) is 10.5 Å². The predicted octanol–water partition coefficient (Wildman–Crippen LogP) is 3.17. The molecule has 13 heteroatoms. The van der Waals surface area contributed by atoms with Crippen LogP contribution in [0.25, 0.3) is 5.65 Å². The average molecular weight is 547 g/mol. The second-order valence-corrected chi connectivity index (χ2v) is 10.0. The van der Waals surface area contributed by atoms with Gasteiger partial charge in [0.05, 0.1) is 48.9 Å². The molecule has 6 rings (SSSR count). The van der Waals surface area contributed by atoms with Crippen molar-refractivity contribution in [3.63, 3.8) is 0 Å². The molecule has 0 bridgehead atoms. The van der Waals surface area contributed by atoms with Crippen LogP contribution in [-0.2, 0) is 4.74 Å². The summed E-state index contributed by atoms with van der Waals surface area (Å²) in [5, 5.41) is 14.1. The maximum absolute atomic E-state index is 14.2. The molecule has 0 radical (unpaired) electrons. The lowest BCUT2D eigenvalue weighted by atomic mass is 9.92. The second kappa shape index (κ2) is 11.4. The smallest absolute Gasteiger partial charge is 0.276 e. The van der Waals surface area contributed by atoms with Crippen molar-refractivity contribution in [2.24, 2.45) is 5.73 Å². The van der Waals surface area contributed by atoms with E-state index in [1.54, 1.807) is 0 Å². The van der Waals surface area contributed by atoms with E-state index in [1.807, 2.05) is 24.4 Å². The van der Waals surface area contributed by atoms with E-state index in [-0.39, 0.29) is 23.5 Å². The molecule has 0 aromatic carbocycles. The Bertz CT molecular complexity index is 1480. The van der Waals surface area contributed by atoms with Gasteiger partial charge in [0.15, 0.2) is 17.2 Å². The van der Waals surface area contributed by atoms with Crippen LogP contribution in [0.15, 0.2) is 49.1 Å². The number of carbonyl (C=O) groups excluding carboxylic acids is 1. The summed E-state index contributed by atoms with van der Waals surface area (Å²) in [6, 6.07) is 7.59. The lowest BCUT2D eigenvalue weighted by Crippen LogP contribution is -2.36. The number of anilines is 5. The molecule has 1 aliphatic carbocycles. The minimum Gasteiger partial charge on any atom is -0.378 e. The highest BCUT2D eigenvalue weighted by atomic mass is 19.1. The number of amides is 1. The molecule has 40 heavy (non-hydrogen) atoms. The zero-order valence-corrected chi connectivity index (χ0v) is 21.9. The van der Waals surface area contributed by atoms with Crippen LogP contribution < -0.4 is 26.6 Å². The Labute approximate surface area is 230 Å². The Hall–Kier alpha value is -4.36. The highest BCUT2D eigenvalue weighted by Gasteiger charge is 2.22. The van der Waals surface area contributed by atoms with E-state index in [1.165, 1.54) is 23.0 Å². The van der Waals surface area contributed by atoms with Gasteiger partial charge in [0.25, 0.3) is 5.91 Å². The number of ether oxygens (including phenoxy) is 1. The van der Waals surface area contributed by atoms with E-state index in [2.05, 4.69) is 40.9 Å². The number of hydrogen-bond donors (Lipinski definition) is 4. The SMILES string of the molecule is N[C@H]1CC[C@H](Nc2cc(Nc3ccc(N4CCOCC4)cn3)c3ncc(C(=O)Nc4ccncc4F)n3n2)CC1. The van der Waals surface area contributed by atoms with Crippen molar-refractivity contribution in [2.45, 2.75) is 37.8 Å². The maximum atomic E-state index is 14.2. The van der Waals surface area contributed by atoms with Crippen LogP contribution in [0.1, 0.15) is 36.2 Å². The molecule has 0 unspecified atom stereocenters. The molecule has 1 saturated heterocycles. The van der Waals surface area contributed by atoms with Gasteiger partial charge in [0, 0.05) is 37.4 Å².